The van der Waals surface area contributed by atoms with Crippen LogP contribution in [0.2, 0.25) is 0 Å². The highest BCUT2D eigenvalue weighted by Crippen LogP contribution is 2.46. The minimum Gasteiger partial charge on any atom is -0.295 e. The van der Waals surface area contributed by atoms with E-state index in [9.17, 15) is 13.2 Å². The van der Waals surface area contributed by atoms with E-state index >= 15 is 0 Å². The molecule has 47 heavy (non-hydrogen) atoms. The second kappa shape index (κ2) is 11.5. The minimum absolute atomic E-state index is 0.189. The van der Waals surface area contributed by atoms with Gasteiger partial charge in [0, 0.05) is 11.4 Å². The van der Waals surface area contributed by atoms with Crippen LogP contribution < -0.4 is 4.90 Å². The number of rotatable bonds is 5. The van der Waals surface area contributed by atoms with Gasteiger partial charge in [0.25, 0.3) is 0 Å². The van der Waals surface area contributed by atoms with Crippen molar-refractivity contribution in [2.75, 3.05) is 4.90 Å². The van der Waals surface area contributed by atoms with Crippen LogP contribution in [-0.4, -0.2) is 4.98 Å². The van der Waals surface area contributed by atoms with Gasteiger partial charge in [0.2, 0.25) is 0 Å². The molecule has 5 heteroatoms. The molecule has 0 unspecified atom stereocenters. The first-order valence-corrected chi connectivity index (χ1v) is 15.4. The molecule has 0 aliphatic heterocycles. The molecule has 0 fully saturated rings. The van der Waals surface area contributed by atoms with Crippen molar-refractivity contribution in [1.82, 2.24) is 4.98 Å². The number of halogens is 3. The van der Waals surface area contributed by atoms with Crippen molar-refractivity contribution in [1.29, 1.82) is 0 Å². The quantitative estimate of drug-likeness (QED) is 0.179. The molecule has 2 nitrogen and oxygen atoms in total. The molecule has 1 heterocycles. The van der Waals surface area contributed by atoms with E-state index in [1.165, 1.54) is 28.0 Å². The number of para-hydroxylation sites is 1. The van der Waals surface area contributed by atoms with E-state index in [-0.39, 0.29) is 5.82 Å². The molecule has 7 aromatic carbocycles. The van der Waals surface area contributed by atoms with Crippen molar-refractivity contribution >= 4 is 49.5 Å². The van der Waals surface area contributed by atoms with Crippen LogP contribution in [0.1, 0.15) is 5.69 Å². The smallest absolute Gasteiger partial charge is 0.295 e. The number of pyridine rings is 1. The summed E-state index contributed by atoms with van der Waals surface area (Å²) in [5.74, 6) is 0.189. The molecule has 8 aromatic rings. The maximum absolute atomic E-state index is 13.7. The van der Waals surface area contributed by atoms with Gasteiger partial charge in [0.15, 0.2) is 0 Å². The lowest BCUT2D eigenvalue weighted by Gasteiger charge is -2.25. The number of alkyl halides is 3. The predicted molar refractivity (Wildman–Crippen MR) is 187 cm³/mol. The maximum Gasteiger partial charge on any atom is 0.433 e. The molecule has 0 N–H and O–H groups in total. The lowest BCUT2D eigenvalue weighted by atomic mass is 9.85. The lowest BCUT2D eigenvalue weighted by Crippen LogP contribution is -2.15. The van der Waals surface area contributed by atoms with Crippen LogP contribution in [0.4, 0.5) is 30.4 Å². The van der Waals surface area contributed by atoms with Gasteiger partial charge in [-0.2, -0.15) is 13.2 Å². The van der Waals surface area contributed by atoms with Crippen LogP contribution in [0, 0.1) is 0 Å². The summed E-state index contributed by atoms with van der Waals surface area (Å²) in [5, 5.41) is 6.95. The summed E-state index contributed by atoms with van der Waals surface area (Å²) in [6.07, 6.45) is -4.55. The molecule has 1 aromatic heterocycles. The van der Waals surface area contributed by atoms with Crippen LogP contribution in [0.5, 0.6) is 0 Å². The molecule has 0 aliphatic rings. The van der Waals surface area contributed by atoms with Gasteiger partial charge in [-0.15, -0.1) is 0 Å². The van der Waals surface area contributed by atoms with Gasteiger partial charge in [0.1, 0.15) is 11.5 Å². The number of aromatic nitrogens is 1. The predicted octanol–water partition coefficient (Wildman–Crippen LogP) is 12.4. The van der Waals surface area contributed by atoms with Gasteiger partial charge in [0.05, 0.1) is 0 Å². The van der Waals surface area contributed by atoms with Crippen molar-refractivity contribution in [2.45, 2.75) is 6.18 Å². The third-order valence-electron chi connectivity index (χ3n) is 8.67. The van der Waals surface area contributed by atoms with Crippen LogP contribution in [0.15, 0.2) is 164 Å². The van der Waals surface area contributed by atoms with Crippen molar-refractivity contribution < 1.29 is 13.2 Å². The van der Waals surface area contributed by atoms with Gasteiger partial charge in [-0.25, -0.2) is 4.98 Å². The number of anilines is 3. The molecule has 226 valence electrons. The van der Waals surface area contributed by atoms with Gasteiger partial charge in [-0.1, -0.05) is 127 Å². The zero-order valence-electron chi connectivity index (χ0n) is 25.1. The Morgan fingerprint density at radius 3 is 1.57 bits per heavy atom. The number of fused-ring (bicyclic) bond motifs is 3. The van der Waals surface area contributed by atoms with E-state index in [0.717, 1.165) is 38.7 Å². The first-order chi connectivity index (χ1) is 23.0. The van der Waals surface area contributed by atoms with Gasteiger partial charge in [-0.05, 0) is 91.0 Å². The summed E-state index contributed by atoms with van der Waals surface area (Å²) < 4.78 is 41.0. The zero-order chi connectivity index (χ0) is 32.0. The summed E-state index contributed by atoms with van der Waals surface area (Å²) in [4.78, 5) is 5.77. The SMILES string of the molecule is FC(F)(F)c1cccc(N(c2ccccc2)c2ccc(-c3c4ccccc4c(-c4cccc5ccccc45)c4ccccc34)cc2)n1. The Morgan fingerprint density at radius 1 is 0.426 bits per heavy atom. The minimum atomic E-state index is -4.55. The van der Waals surface area contributed by atoms with Gasteiger partial charge >= 0.3 is 6.18 Å². The second-order valence-corrected chi connectivity index (χ2v) is 11.5. The highest BCUT2D eigenvalue weighted by molar-refractivity contribution is 6.23. The van der Waals surface area contributed by atoms with E-state index in [1.54, 1.807) is 11.0 Å². The van der Waals surface area contributed by atoms with Crippen molar-refractivity contribution in [2.24, 2.45) is 0 Å². The molecule has 0 aliphatic carbocycles. The number of hydrogen-bond acceptors (Lipinski definition) is 2. The fourth-order valence-electron chi connectivity index (χ4n) is 6.65. The zero-order valence-corrected chi connectivity index (χ0v) is 25.1. The normalized spacial score (nSPS) is 11.7. The fourth-order valence-corrected chi connectivity index (χ4v) is 6.65. The topological polar surface area (TPSA) is 16.1 Å². The Labute approximate surface area is 270 Å². The number of hydrogen-bond donors (Lipinski definition) is 0. The summed E-state index contributed by atoms with van der Waals surface area (Å²) in [7, 11) is 0. The molecular weight excluding hydrogens is 589 g/mol. The average molecular weight is 617 g/mol. The van der Waals surface area contributed by atoms with Crippen LogP contribution >= 0.6 is 0 Å². The summed E-state index contributed by atoms with van der Waals surface area (Å²) in [5.41, 5.74) is 4.97. The Bertz CT molecular complexity index is 2340. The Hall–Kier alpha value is -5.94. The highest BCUT2D eigenvalue weighted by Gasteiger charge is 2.33. The van der Waals surface area contributed by atoms with Crippen LogP contribution in [0.25, 0.3) is 54.6 Å². The number of nitrogens with zero attached hydrogens (tertiary/aromatic N) is 2. The lowest BCUT2D eigenvalue weighted by molar-refractivity contribution is -0.141. The highest BCUT2D eigenvalue weighted by atomic mass is 19.4. The van der Waals surface area contributed by atoms with E-state index < -0.39 is 11.9 Å². The third-order valence-corrected chi connectivity index (χ3v) is 8.67. The molecule has 0 saturated heterocycles. The first kappa shape index (κ1) is 28.5. The molecule has 0 amide bonds. The summed E-state index contributed by atoms with van der Waals surface area (Å²) in [6, 6.07) is 53.3. The standard InChI is InChI=1S/C42H27F3N2/c43-42(44,45)38-22-11-23-39(46-38)47(30-14-2-1-3-15-30)31-26-24-29(25-27-31)40-34-17-6-8-19-36(34)41(37-20-9-7-18-35(37)40)33-21-10-13-28-12-4-5-16-32(28)33/h1-27H. The summed E-state index contributed by atoms with van der Waals surface area (Å²) in [6.45, 7) is 0. The maximum atomic E-state index is 13.7. The van der Waals surface area contributed by atoms with Crippen molar-refractivity contribution in [3.8, 4) is 22.3 Å². The van der Waals surface area contributed by atoms with Gasteiger partial charge < -0.3 is 0 Å². The van der Waals surface area contributed by atoms with E-state index in [2.05, 4.69) is 96.0 Å². The van der Waals surface area contributed by atoms with E-state index in [0.29, 0.717) is 11.4 Å². The molecule has 0 radical (unpaired) electrons. The molecule has 0 spiro atoms. The van der Waals surface area contributed by atoms with Crippen molar-refractivity contribution in [3.05, 3.63) is 169 Å². The summed E-state index contributed by atoms with van der Waals surface area (Å²) >= 11 is 0. The molecule has 8 rings (SSSR count). The molecule has 0 saturated carbocycles. The first-order valence-electron chi connectivity index (χ1n) is 15.4. The van der Waals surface area contributed by atoms with Crippen LogP contribution in [0.3, 0.4) is 0 Å². The van der Waals surface area contributed by atoms with Crippen LogP contribution in [-0.2, 0) is 6.18 Å². The van der Waals surface area contributed by atoms with Gasteiger partial charge in [-0.3, -0.25) is 4.90 Å². The van der Waals surface area contributed by atoms with E-state index in [1.807, 2.05) is 54.6 Å². The molecular formula is C42H27F3N2. The van der Waals surface area contributed by atoms with E-state index in [4.69, 9.17) is 0 Å². The molecule has 0 bridgehead atoms. The van der Waals surface area contributed by atoms with Crippen molar-refractivity contribution in [3.63, 3.8) is 0 Å². The largest absolute Gasteiger partial charge is 0.433 e. The molecule has 0 atom stereocenters. The Balaban J connectivity index is 1.32. The fraction of sp³-hybridized carbons (Fsp3) is 0.0238. The second-order valence-electron chi connectivity index (χ2n) is 11.5. The average Bonchev–Trinajstić information content (AvgIpc) is 3.11. The Kier molecular flexibility index (Phi) is 6.95. The number of benzene rings is 7. The Morgan fingerprint density at radius 2 is 0.936 bits per heavy atom. The monoisotopic (exact) mass is 616 g/mol. The third kappa shape index (κ3) is 5.06.